The molecule has 2 aromatic carbocycles. The number of benzene rings is 2. The van der Waals surface area contributed by atoms with Crippen LogP contribution >= 0.6 is 11.3 Å². The minimum atomic E-state index is -1.01. The summed E-state index contributed by atoms with van der Waals surface area (Å²) in [5.74, 6) is 2.49. The number of aromatic nitrogens is 2. The minimum absolute atomic E-state index is 0.295. The molecule has 8 nitrogen and oxygen atoms in total. The number of carboxylic acids is 1. The topological polar surface area (TPSA) is 93.9 Å². The van der Waals surface area contributed by atoms with Crippen LogP contribution in [-0.4, -0.2) is 47.3 Å². The highest BCUT2D eigenvalue weighted by atomic mass is 32.1. The van der Waals surface area contributed by atoms with Crippen LogP contribution in [0.15, 0.2) is 41.8 Å². The van der Waals surface area contributed by atoms with Crippen LogP contribution in [-0.2, 0) is 11.3 Å². The second kappa shape index (κ2) is 11.9. The van der Waals surface area contributed by atoms with Crippen LogP contribution in [0.4, 0.5) is 5.13 Å². The standard InChI is InChI=1S/C26H27N3O5S.C6H10/c1-6-28(25(32)24-16(3)17-9-7-8-10-20(17)29(24)13-23(30)31)26-27-19(14-35-26)18-12-21(33-4)15(2)11-22(18)34-5;1-2-5-4-6(5)3-1/h7-12,14H,6,13H2,1-5H3,(H,30,31);5-6H,1-4H2. The number of para-hydroxylation sites is 1. The Kier molecular flexibility index (Phi) is 8.35. The van der Waals surface area contributed by atoms with E-state index in [4.69, 9.17) is 14.5 Å². The lowest BCUT2D eigenvalue weighted by molar-refractivity contribution is -0.137. The molecule has 9 heteroatoms. The summed E-state index contributed by atoms with van der Waals surface area (Å²) in [6.07, 6.45) is 6.24. The number of aryl methyl sites for hydroxylation is 2. The first-order valence-corrected chi connectivity index (χ1v) is 14.9. The first-order chi connectivity index (χ1) is 19.8. The van der Waals surface area contributed by atoms with Gasteiger partial charge >= 0.3 is 5.97 Å². The highest BCUT2D eigenvalue weighted by molar-refractivity contribution is 7.14. The summed E-state index contributed by atoms with van der Waals surface area (Å²) in [5, 5.41) is 12.8. The smallest absolute Gasteiger partial charge is 0.323 e. The zero-order valence-corrected chi connectivity index (χ0v) is 25.1. The summed E-state index contributed by atoms with van der Waals surface area (Å²) in [7, 11) is 3.21. The predicted molar refractivity (Wildman–Crippen MR) is 163 cm³/mol. The van der Waals surface area contributed by atoms with Crippen LogP contribution in [0, 0.1) is 25.7 Å². The van der Waals surface area contributed by atoms with Gasteiger partial charge < -0.3 is 19.1 Å². The number of anilines is 1. The lowest BCUT2D eigenvalue weighted by atomic mass is 10.1. The van der Waals surface area contributed by atoms with E-state index in [2.05, 4.69) is 0 Å². The maximum Gasteiger partial charge on any atom is 0.323 e. The van der Waals surface area contributed by atoms with E-state index < -0.39 is 5.97 Å². The molecule has 216 valence electrons. The van der Waals surface area contributed by atoms with Gasteiger partial charge in [0.25, 0.3) is 5.91 Å². The van der Waals surface area contributed by atoms with Gasteiger partial charge in [0.1, 0.15) is 23.7 Å². The molecule has 0 spiro atoms. The average molecular weight is 576 g/mol. The molecular weight excluding hydrogens is 538 g/mol. The molecule has 0 bridgehead atoms. The van der Waals surface area contributed by atoms with Crippen molar-refractivity contribution in [2.75, 3.05) is 25.7 Å². The molecule has 2 aliphatic rings. The number of amides is 1. The summed E-state index contributed by atoms with van der Waals surface area (Å²) < 4.78 is 12.6. The molecule has 1 amide bonds. The molecule has 2 atom stereocenters. The van der Waals surface area contributed by atoms with E-state index in [0.29, 0.717) is 40.1 Å². The van der Waals surface area contributed by atoms with Gasteiger partial charge in [0.15, 0.2) is 5.13 Å². The molecule has 2 unspecified atom stereocenters. The highest BCUT2D eigenvalue weighted by Crippen LogP contribution is 2.51. The molecule has 2 aliphatic carbocycles. The third-order valence-corrected chi connectivity index (χ3v) is 9.08. The lowest BCUT2D eigenvalue weighted by Gasteiger charge is -2.19. The van der Waals surface area contributed by atoms with Crippen molar-refractivity contribution in [3.05, 3.63) is 58.6 Å². The normalized spacial score (nSPS) is 17.0. The van der Waals surface area contributed by atoms with E-state index >= 15 is 0 Å². The van der Waals surface area contributed by atoms with Crippen molar-refractivity contribution in [3.8, 4) is 22.8 Å². The van der Waals surface area contributed by atoms with Gasteiger partial charge in [-0.3, -0.25) is 14.5 Å². The molecule has 6 rings (SSSR count). The second-order valence-electron chi connectivity index (χ2n) is 10.7. The number of hydrogen-bond acceptors (Lipinski definition) is 6. The second-order valence-corrected chi connectivity index (χ2v) is 11.6. The van der Waals surface area contributed by atoms with Crippen molar-refractivity contribution in [1.82, 2.24) is 9.55 Å². The molecule has 0 saturated heterocycles. The number of carboxylic acid groups (broad SMARTS) is 1. The number of rotatable bonds is 8. The fourth-order valence-electron chi connectivity index (χ4n) is 5.97. The summed E-state index contributed by atoms with van der Waals surface area (Å²) >= 11 is 1.34. The molecule has 0 radical (unpaired) electrons. The number of aliphatic carboxylic acids is 1. The number of carbonyl (C=O) groups is 2. The Morgan fingerprint density at radius 2 is 1.80 bits per heavy atom. The average Bonchev–Trinajstić information content (AvgIpc) is 3.27. The van der Waals surface area contributed by atoms with Gasteiger partial charge in [-0.1, -0.05) is 37.5 Å². The molecule has 0 aliphatic heterocycles. The molecule has 2 fully saturated rings. The van der Waals surface area contributed by atoms with E-state index in [1.54, 1.807) is 42.9 Å². The van der Waals surface area contributed by atoms with Crippen molar-refractivity contribution in [1.29, 1.82) is 0 Å². The van der Waals surface area contributed by atoms with Crippen LogP contribution in [0.25, 0.3) is 22.2 Å². The van der Waals surface area contributed by atoms with Gasteiger partial charge in [0.2, 0.25) is 0 Å². The summed E-state index contributed by atoms with van der Waals surface area (Å²) in [6, 6.07) is 11.2. The number of hydrogen-bond donors (Lipinski definition) is 1. The molecule has 2 aromatic heterocycles. The fraction of sp³-hybridized carbons (Fsp3) is 0.406. The maximum atomic E-state index is 13.8. The minimum Gasteiger partial charge on any atom is -0.496 e. The SMILES string of the molecule is C1CC2CC2C1.CCN(C(=O)c1c(C)c2ccccc2n1CC(=O)O)c1nc(-c2cc(OC)c(C)cc2OC)cs1. The van der Waals surface area contributed by atoms with Crippen molar-refractivity contribution in [2.45, 2.75) is 53.0 Å². The third-order valence-electron chi connectivity index (χ3n) is 8.22. The largest absolute Gasteiger partial charge is 0.496 e. The number of thiazole rings is 1. The van der Waals surface area contributed by atoms with E-state index in [9.17, 15) is 14.7 Å². The number of carbonyl (C=O) groups excluding carboxylic acids is 1. The monoisotopic (exact) mass is 575 g/mol. The lowest BCUT2D eigenvalue weighted by Crippen LogP contribution is -2.33. The van der Waals surface area contributed by atoms with Crippen molar-refractivity contribution >= 4 is 39.2 Å². The molecule has 2 heterocycles. The van der Waals surface area contributed by atoms with Crippen LogP contribution in [0.2, 0.25) is 0 Å². The number of ether oxygens (including phenoxy) is 2. The van der Waals surface area contributed by atoms with Crippen molar-refractivity contribution < 1.29 is 24.2 Å². The quantitative estimate of drug-likeness (QED) is 0.244. The molecule has 41 heavy (non-hydrogen) atoms. The highest BCUT2D eigenvalue weighted by Gasteiger charge is 2.40. The Bertz CT molecular complexity index is 1580. The fourth-order valence-corrected chi connectivity index (χ4v) is 6.85. The van der Waals surface area contributed by atoms with Gasteiger partial charge in [-0.25, -0.2) is 4.98 Å². The number of nitrogens with zero attached hydrogens (tertiary/aromatic N) is 3. The zero-order chi connectivity index (χ0) is 29.3. The zero-order valence-electron chi connectivity index (χ0n) is 24.3. The van der Waals surface area contributed by atoms with E-state index in [1.165, 1.54) is 29.6 Å². The first-order valence-electron chi connectivity index (χ1n) is 14.1. The Balaban J connectivity index is 0.000000490. The Labute approximate surface area is 244 Å². The van der Waals surface area contributed by atoms with Crippen LogP contribution < -0.4 is 14.4 Å². The predicted octanol–water partition coefficient (Wildman–Crippen LogP) is 6.96. The van der Waals surface area contributed by atoms with Crippen molar-refractivity contribution in [2.24, 2.45) is 11.8 Å². The summed E-state index contributed by atoms with van der Waals surface area (Å²) in [6.45, 7) is 5.71. The number of methoxy groups -OCH3 is 2. The van der Waals surface area contributed by atoms with E-state index in [0.717, 1.165) is 22.1 Å². The van der Waals surface area contributed by atoms with Gasteiger partial charge in [-0.15, -0.1) is 11.3 Å². The van der Waals surface area contributed by atoms with E-state index in [-0.39, 0.29) is 12.5 Å². The summed E-state index contributed by atoms with van der Waals surface area (Å²) in [5.41, 5.74) is 4.17. The molecular formula is C32H37N3O5S. The molecule has 4 aromatic rings. The molecule has 1 N–H and O–H groups in total. The van der Waals surface area contributed by atoms with Crippen LogP contribution in [0.3, 0.4) is 0 Å². The van der Waals surface area contributed by atoms with Crippen LogP contribution in [0.5, 0.6) is 11.5 Å². The van der Waals surface area contributed by atoms with Crippen LogP contribution in [0.1, 0.15) is 54.2 Å². The van der Waals surface area contributed by atoms with Crippen molar-refractivity contribution in [3.63, 3.8) is 0 Å². The number of fused-ring (bicyclic) bond motifs is 2. The first kappa shape index (κ1) is 28.7. The van der Waals surface area contributed by atoms with Gasteiger partial charge in [-0.05, 0) is 68.4 Å². The summed E-state index contributed by atoms with van der Waals surface area (Å²) in [4.78, 5) is 31.8. The Morgan fingerprint density at radius 1 is 1.10 bits per heavy atom. The Hall–Kier alpha value is -3.85. The van der Waals surface area contributed by atoms with Gasteiger partial charge in [0, 0.05) is 28.4 Å². The van der Waals surface area contributed by atoms with Gasteiger partial charge in [0.05, 0.1) is 19.9 Å². The maximum absolute atomic E-state index is 13.8. The van der Waals surface area contributed by atoms with Gasteiger partial charge in [-0.2, -0.15) is 0 Å². The van der Waals surface area contributed by atoms with E-state index in [1.807, 2.05) is 62.5 Å². The Morgan fingerprint density at radius 3 is 2.39 bits per heavy atom. The molecule has 2 saturated carbocycles. The third kappa shape index (κ3) is 5.68.